The molecule has 0 unspecified atom stereocenters. The summed E-state index contributed by atoms with van der Waals surface area (Å²) in [5.74, 6) is -0.288. The summed E-state index contributed by atoms with van der Waals surface area (Å²) in [5, 5.41) is 3.78. The third-order valence-electron chi connectivity index (χ3n) is 5.08. The predicted octanol–water partition coefficient (Wildman–Crippen LogP) is 3.83. The van der Waals surface area contributed by atoms with Crippen molar-refractivity contribution in [2.24, 2.45) is 5.73 Å². The highest BCUT2D eigenvalue weighted by atomic mass is 32.2. The monoisotopic (exact) mass is 386 g/mol. The van der Waals surface area contributed by atoms with Gasteiger partial charge in [0.2, 0.25) is 11.8 Å². The van der Waals surface area contributed by atoms with Crippen LogP contribution in [0.4, 0.5) is 5.69 Å². The van der Waals surface area contributed by atoms with Gasteiger partial charge < -0.3 is 15.6 Å². The van der Waals surface area contributed by atoms with Crippen molar-refractivity contribution < 1.29 is 9.59 Å². The second-order valence-electron chi connectivity index (χ2n) is 7.01. The fraction of sp³-hybridized carbons (Fsp3) is 0.450. The zero-order valence-corrected chi connectivity index (χ0v) is 16.6. The van der Waals surface area contributed by atoms with Gasteiger partial charge in [-0.3, -0.25) is 9.59 Å². The van der Waals surface area contributed by atoms with Crippen molar-refractivity contribution in [1.82, 2.24) is 9.55 Å². The molecule has 1 aliphatic rings. The lowest BCUT2D eigenvalue weighted by Gasteiger charge is -2.26. The molecule has 7 heteroatoms. The van der Waals surface area contributed by atoms with Crippen molar-refractivity contribution in [1.29, 1.82) is 0 Å². The maximum absolute atomic E-state index is 12.3. The van der Waals surface area contributed by atoms with E-state index < -0.39 is 5.91 Å². The number of carbonyl (C=O) groups excluding carboxylic acids is 2. The summed E-state index contributed by atoms with van der Waals surface area (Å²) in [4.78, 5) is 28.1. The van der Waals surface area contributed by atoms with Crippen LogP contribution in [0.2, 0.25) is 0 Å². The van der Waals surface area contributed by atoms with Gasteiger partial charge >= 0.3 is 0 Å². The van der Waals surface area contributed by atoms with E-state index in [2.05, 4.69) is 21.8 Å². The van der Waals surface area contributed by atoms with Gasteiger partial charge in [-0.1, -0.05) is 31.0 Å². The number of nitrogens with zero attached hydrogens (tertiary/aromatic N) is 2. The lowest BCUT2D eigenvalue weighted by molar-refractivity contribution is -0.113. The van der Waals surface area contributed by atoms with Gasteiger partial charge in [0, 0.05) is 23.0 Å². The second-order valence-corrected chi connectivity index (χ2v) is 7.95. The highest BCUT2D eigenvalue weighted by Gasteiger charge is 2.22. The minimum atomic E-state index is -0.483. The van der Waals surface area contributed by atoms with Gasteiger partial charge in [0.15, 0.2) is 5.16 Å². The molecule has 144 valence electrons. The number of carbonyl (C=O) groups is 2. The van der Waals surface area contributed by atoms with E-state index in [1.165, 1.54) is 49.6 Å². The first-order chi connectivity index (χ1) is 13.0. The average Bonchev–Trinajstić information content (AvgIpc) is 2.95. The number of benzene rings is 1. The molecule has 0 radical (unpaired) electrons. The van der Waals surface area contributed by atoms with Gasteiger partial charge in [-0.05, 0) is 51.0 Å². The number of primary amides is 1. The van der Waals surface area contributed by atoms with Gasteiger partial charge in [0.25, 0.3) is 0 Å². The van der Waals surface area contributed by atoms with Crippen molar-refractivity contribution in [3.8, 4) is 0 Å². The summed E-state index contributed by atoms with van der Waals surface area (Å²) in [6.07, 6.45) is 6.19. The molecule has 0 aliphatic heterocycles. The smallest absolute Gasteiger partial charge is 0.248 e. The summed E-state index contributed by atoms with van der Waals surface area (Å²) in [6, 6.07) is 7.06. The Kier molecular flexibility index (Phi) is 6.21. The number of aryl methyl sites for hydroxylation is 1. The summed E-state index contributed by atoms with van der Waals surface area (Å²) >= 11 is 1.48. The van der Waals surface area contributed by atoms with Crippen molar-refractivity contribution in [2.75, 3.05) is 11.1 Å². The molecule has 1 heterocycles. The Morgan fingerprint density at radius 3 is 2.48 bits per heavy atom. The van der Waals surface area contributed by atoms with Crippen LogP contribution in [0.3, 0.4) is 0 Å². The van der Waals surface area contributed by atoms with E-state index in [0.29, 0.717) is 23.0 Å². The summed E-state index contributed by atoms with van der Waals surface area (Å²) in [5.41, 5.74) is 8.53. The molecule has 27 heavy (non-hydrogen) atoms. The number of rotatable bonds is 6. The zero-order chi connectivity index (χ0) is 19.4. The standard InChI is InChI=1S/C20H26N4O2S/c1-13-14(2)24(17-6-4-3-5-7-17)20(22-13)27-12-18(25)23-16-10-8-15(9-11-16)19(21)26/h8-11,17H,3-7,12H2,1-2H3,(H2,21,26)(H,23,25). The van der Waals surface area contributed by atoms with E-state index >= 15 is 0 Å². The van der Waals surface area contributed by atoms with Crippen LogP contribution in [0.1, 0.15) is 59.9 Å². The fourth-order valence-electron chi connectivity index (χ4n) is 3.51. The van der Waals surface area contributed by atoms with Crippen LogP contribution in [-0.4, -0.2) is 27.1 Å². The zero-order valence-electron chi connectivity index (χ0n) is 15.8. The van der Waals surface area contributed by atoms with E-state index in [-0.39, 0.29) is 5.91 Å². The molecule has 1 fully saturated rings. The molecule has 2 amide bonds. The molecular weight excluding hydrogens is 360 g/mol. The molecule has 1 aromatic heterocycles. The molecule has 0 atom stereocenters. The molecule has 3 rings (SSSR count). The van der Waals surface area contributed by atoms with Crippen molar-refractivity contribution >= 4 is 29.3 Å². The third-order valence-corrected chi connectivity index (χ3v) is 6.03. The Labute approximate surface area is 163 Å². The Morgan fingerprint density at radius 1 is 1.19 bits per heavy atom. The molecule has 0 saturated heterocycles. The molecule has 1 aromatic carbocycles. The lowest BCUT2D eigenvalue weighted by Crippen LogP contribution is -2.17. The van der Waals surface area contributed by atoms with Crippen molar-refractivity contribution in [2.45, 2.75) is 57.1 Å². The van der Waals surface area contributed by atoms with Crippen LogP contribution in [0.15, 0.2) is 29.4 Å². The number of imidazole rings is 1. The van der Waals surface area contributed by atoms with Crippen LogP contribution in [0, 0.1) is 13.8 Å². The first-order valence-electron chi connectivity index (χ1n) is 9.33. The first-order valence-corrected chi connectivity index (χ1v) is 10.3. The van der Waals surface area contributed by atoms with Gasteiger partial charge in [-0.25, -0.2) is 4.98 Å². The number of hydrogen-bond acceptors (Lipinski definition) is 4. The normalized spacial score (nSPS) is 14.9. The topological polar surface area (TPSA) is 90.0 Å². The van der Waals surface area contributed by atoms with Crippen LogP contribution < -0.4 is 11.1 Å². The number of hydrogen-bond donors (Lipinski definition) is 2. The molecule has 0 spiro atoms. The maximum atomic E-state index is 12.3. The number of nitrogens with two attached hydrogens (primary N) is 1. The largest absolute Gasteiger partial charge is 0.366 e. The van der Waals surface area contributed by atoms with E-state index in [1.807, 2.05) is 6.92 Å². The second kappa shape index (κ2) is 8.61. The van der Waals surface area contributed by atoms with Gasteiger partial charge in [-0.2, -0.15) is 0 Å². The lowest BCUT2D eigenvalue weighted by atomic mass is 9.95. The van der Waals surface area contributed by atoms with Gasteiger partial charge in [-0.15, -0.1) is 0 Å². The molecule has 0 bridgehead atoms. The van der Waals surface area contributed by atoms with Gasteiger partial charge in [0.05, 0.1) is 11.4 Å². The van der Waals surface area contributed by atoms with Crippen molar-refractivity contribution in [3.05, 3.63) is 41.2 Å². The average molecular weight is 387 g/mol. The highest BCUT2D eigenvalue weighted by molar-refractivity contribution is 7.99. The number of anilines is 1. The third kappa shape index (κ3) is 4.71. The fourth-order valence-corrected chi connectivity index (χ4v) is 4.47. The highest BCUT2D eigenvalue weighted by Crippen LogP contribution is 2.34. The number of nitrogens with one attached hydrogen (secondary N) is 1. The summed E-state index contributed by atoms with van der Waals surface area (Å²) in [6.45, 7) is 4.14. The Balaban J connectivity index is 1.63. The number of amides is 2. The number of thioether (sulfide) groups is 1. The van der Waals surface area contributed by atoms with Crippen LogP contribution in [0.25, 0.3) is 0 Å². The molecule has 3 N–H and O–H groups in total. The van der Waals surface area contributed by atoms with Crippen LogP contribution in [0.5, 0.6) is 0 Å². The Morgan fingerprint density at radius 2 is 1.85 bits per heavy atom. The minimum absolute atomic E-state index is 0.0969. The van der Waals surface area contributed by atoms with E-state index in [1.54, 1.807) is 24.3 Å². The minimum Gasteiger partial charge on any atom is -0.366 e. The first kappa shape index (κ1) is 19.5. The maximum Gasteiger partial charge on any atom is 0.248 e. The van der Waals surface area contributed by atoms with Crippen LogP contribution >= 0.6 is 11.8 Å². The summed E-state index contributed by atoms with van der Waals surface area (Å²) in [7, 11) is 0. The van der Waals surface area contributed by atoms with E-state index in [4.69, 9.17) is 5.73 Å². The summed E-state index contributed by atoms with van der Waals surface area (Å²) < 4.78 is 2.33. The Hall–Kier alpha value is -2.28. The quantitative estimate of drug-likeness (QED) is 0.738. The van der Waals surface area contributed by atoms with E-state index in [9.17, 15) is 9.59 Å². The molecule has 1 saturated carbocycles. The molecule has 2 aromatic rings. The van der Waals surface area contributed by atoms with Gasteiger partial charge in [0.1, 0.15) is 0 Å². The Bertz CT molecular complexity index is 823. The van der Waals surface area contributed by atoms with E-state index in [0.717, 1.165) is 10.9 Å². The van der Waals surface area contributed by atoms with Crippen molar-refractivity contribution in [3.63, 3.8) is 0 Å². The van der Waals surface area contributed by atoms with Crippen LogP contribution in [-0.2, 0) is 4.79 Å². The number of aromatic nitrogens is 2. The molecule has 1 aliphatic carbocycles. The molecule has 6 nitrogen and oxygen atoms in total. The predicted molar refractivity (Wildman–Crippen MR) is 108 cm³/mol. The SMILES string of the molecule is Cc1nc(SCC(=O)Nc2ccc(C(N)=O)cc2)n(C2CCCCC2)c1C. The molecular formula is C20H26N4O2S.